The lowest BCUT2D eigenvalue weighted by Gasteiger charge is -2.07. The molecule has 5 nitrogen and oxygen atoms in total. The molecule has 0 fully saturated rings. The van der Waals surface area contributed by atoms with Gasteiger partial charge in [-0.25, -0.2) is 4.98 Å². The SMILES string of the molecule is Cn1cnnc1-c1nccn1-c1cccc(Br)c1. The highest BCUT2D eigenvalue weighted by Gasteiger charge is 2.12. The molecule has 2 aromatic heterocycles. The van der Waals surface area contributed by atoms with E-state index in [0.29, 0.717) is 0 Å². The Hall–Kier alpha value is -1.95. The largest absolute Gasteiger partial charge is 0.314 e. The van der Waals surface area contributed by atoms with E-state index in [4.69, 9.17) is 0 Å². The number of halogens is 1. The Kier molecular flexibility index (Phi) is 2.71. The number of aromatic nitrogens is 5. The van der Waals surface area contributed by atoms with Crippen LogP contribution in [0.1, 0.15) is 0 Å². The fourth-order valence-corrected chi connectivity index (χ4v) is 2.18. The Labute approximate surface area is 112 Å². The van der Waals surface area contributed by atoms with Crippen LogP contribution in [-0.2, 0) is 7.05 Å². The zero-order chi connectivity index (χ0) is 12.5. The van der Waals surface area contributed by atoms with Crippen LogP contribution in [-0.4, -0.2) is 24.3 Å². The van der Waals surface area contributed by atoms with Crippen molar-refractivity contribution in [2.24, 2.45) is 7.05 Å². The second-order valence-corrected chi connectivity index (χ2v) is 4.78. The van der Waals surface area contributed by atoms with E-state index in [0.717, 1.165) is 21.8 Å². The summed E-state index contributed by atoms with van der Waals surface area (Å²) >= 11 is 3.47. The maximum atomic E-state index is 4.35. The van der Waals surface area contributed by atoms with E-state index >= 15 is 0 Å². The molecule has 6 heteroatoms. The molecule has 3 aromatic rings. The van der Waals surface area contributed by atoms with Crippen LogP contribution < -0.4 is 0 Å². The van der Waals surface area contributed by atoms with E-state index in [-0.39, 0.29) is 0 Å². The van der Waals surface area contributed by atoms with Crippen LogP contribution in [0.25, 0.3) is 17.3 Å². The van der Waals surface area contributed by atoms with E-state index in [1.165, 1.54) is 0 Å². The van der Waals surface area contributed by atoms with Gasteiger partial charge < -0.3 is 4.57 Å². The van der Waals surface area contributed by atoms with E-state index in [1.807, 2.05) is 46.6 Å². The van der Waals surface area contributed by atoms with Crippen molar-refractivity contribution in [1.29, 1.82) is 0 Å². The van der Waals surface area contributed by atoms with Gasteiger partial charge in [0.2, 0.25) is 0 Å². The van der Waals surface area contributed by atoms with Gasteiger partial charge in [0.1, 0.15) is 6.33 Å². The molecule has 90 valence electrons. The van der Waals surface area contributed by atoms with Crippen LogP contribution in [0.5, 0.6) is 0 Å². The third kappa shape index (κ3) is 1.84. The minimum absolute atomic E-state index is 0.736. The van der Waals surface area contributed by atoms with E-state index in [9.17, 15) is 0 Å². The minimum Gasteiger partial charge on any atom is -0.314 e. The topological polar surface area (TPSA) is 48.5 Å². The molecule has 0 N–H and O–H groups in total. The summed E-state index contributed by atoms with van der Waals surface area (Å²) < 4.78 is 4.85. The first kappa shape index (κ1) is 11.2. The van der Waals surface area contributed by atoms with Gasteiger partial charge in [-0.1, -0.05) is 22.0 Å². The van der Waals surface area contributed by atoms with Crippen molar-refractivity contribution in [3.63, 3.8) is 0 Å². The molecule has 0 saturated carbocycles. The molecule has 0 aliphatic rings. The quantitative estimate of drug-likeness (QED) is 0.730. The highest BCUT2D eigenvalue weighted by Crippen LogP contribution is 2.21. The van der Waals surface area contributed by atoms with Crippen molar-refractivity contribution in [2.45, 2.75) is 0 Å². The molecule has 2 heterocycles. The summed E-state index contributed by atoms with van der Waals surface area (Å²) in [5.41, 5.74) is 1.03. The Morgan fingerprint density at radius 1 is 1.22 bits per heavy atom. The van der Waals surface area contributed by atoms with Gasteiger partial charge in [0.15, 0.2) is 11.6 Å². The molecule has 18 heavy (non-hydrogen) atoms. The maximum Gasteiger partial charge on any atom is 0.199 e. The van der Waals surface area contributed by atoms with E-state index in [2.05, 4.69) is 31.1 Å². The van der Waals surface area contributed by atoms with E-state index in [1.54, 1.807) is 12.5 Å². The first-order valence-electron chi connectivity index (χ1n) is 5.39. The van der Waals surface area contributed by atoms with Gasteiger partial charge in [0, 0.05) is 29.6 Å². The summed E-state index contributed by atoms with van der Waals surface area (Å²) in [7, 11) is 1.90. The highest BCUT2D eigenvalue weighted by atomic mass is 79.9. The second-order valence-electron chi connectivity index (χ2n) is 3.87. The molecular weight excluding hydrogens is 294 g/mol. The smallest absolute Gasteiger partial charge is 0.199 e. The Morgan fingerprint density at radius 3 is 2.83 bits per heavy atom. The molecule has 0 atom stereocenters. The molecule has 0 radical (unpaired) electrons. The third-order valence-electron chi connectivity index (χ3n) is 2.64. The fourth-order valence-electron chi connectivity index (χ4n) is 1.79. The molecule has 0 spiro atoms. The molecule has 3 rings (SSSR count). The van der Waals surface area contributed by atoms with Crippen molar-refractivity contribution in [2.75, 3.05) is 0 Å². The lowest BCUT2D eigenvalue weighted by atomic mass is 10.3. The molecule has 0 bridgehead atoms. The highest BCUT2D eigenvalue weighted by molar-refractivity contribution is 9.10. The van der Waals surface area contributed by atoms with Gasteiger partial charge in [0.05, 0.1) is 0 Å². The molecular formula is C12H10BrN5. The van der Waals surface area contributed by atoms with Crippen molar-refractivity contribution in [3.05, 3.63) is 47.5 Å². The lowest BCUT2D eigenvalue weighted by molar-refractivity contribution is 0.895. The average Bonchev–Trinajstić information content (AvgIpc) is 2.96. The van der Waals surface area contributed by atoms with Crippen LogP contribution in [0, 0.1) is 0 Å². The van der Waals surface area contributed by atoms with Crippen LogP contribution in [0.4, 0.5) is 0 Å². The fraction of sp³-hybridized carbons (Fsp3) is 0.0833. The second kappa shape index (κ2) is 4.38. The standard InChI is InChI=1S/C12H10BrN5/c1-17-8-15-16-12(17)11-14-5-6-18(11)10-4-2-3-9(13)7-10/h2-8H,1H3. The predicted octanol–water partition coefficient (Wildman–Crippen LogP) is 2.43. The summed E-state index contributed by atoms with van der Waals surface area (Å²) in [6, 6.07) is 8.02. The number of rotatable bonds is 2. The molecule has 0 aliphatic heterocycles. The first-order valence-corrected chi connectivity index (χ1v) is 6.18. The zero-order valence-corrected chi connectivity index (χ0v) is 11.2. The van der Waals surface area contributed by atoms with Gasteiger partial charge in [-0.05, 0) is 18.2 Å². The molecule has 0 aliphatic carbocycles. The predicted molar refractivity (Wildman–Crippen MR) is 71.3 cm³/mol. The average molecular weight is 304 g/mol. The molecule has 0 saturated heterocycles. The molecule has 1 aromatic carbocycles. The number of imidazole rings is 1. The van der Waals surface area contributed by atoms with Crippen LogP contribution in [0.2, 0.25) is 0 Å². The Balaban J connectivity index is 2.16. The minimum atomic E-state index is 0.736. The van der Waals surface area contributed by atoms with Gasteiger partial charge >= 0.3 is 0 Å². The van der Waals surface area contributed by atoms with Crippen LogP contribution >= 0.6 is 15.9 Å². The summed E-state index contributed by atoms with van der Waals surface area (Å²) in [5, 5.41) is 7.97. The van der Waals surface area contributed by atoms with E-state index < -0.39 is 0 Å². The maximum absolute atomic E-state index is 4.35. The number of hydrogen-bond donors (Lipinski definition) is 0. The first-order chi connectivity index (χ1) is 8.75. The van der Waals surface area contributed by atoms with Gasteiger partial charge in [-0.2, -0.15) is 0 Å². The van der Waals surface area contributed by atoms with Crippen molar-refractivity contribution in [3.8, 4) is 17.3 Å². The number of benzene rings is 1. The normalized spacial score (nSPS) is 10.8. The summed E-state index contributed by atoms with van der Waals surface area (Å²) in [6.07, 6.45) is 5.33. The monoisotopic (exact) mass is 303 g/mol. The van der Waals surface area contributed by atoms with Gasteiger partial charge in [0.25, 0.3) is 0 Å². The lowest BCUT2D eigenvalue weighted by Crippen LogP contribution is -2.01. The van der Waals surface area contributed by atoms with Gasteiger partial charge in [-0.3, -0.25) is 4.57 Å². The van der Waals surface area contributed by atoms with Crippen molar-refractivity contribution >= 4 is 15.9 Å². The van der Waals surface area contributed by atoms with Gasteiger partial charge in [-0.15, -0.1) is 10.2 Å². The van der Waals surface area contributed by atoms with Crippen molar-refractivity contribution < 1.29 is 0 Å². The zero-order valence-electron chi connectivity index (χ0n) is 9.66. The van der Waals surface area contributed by atoms with Crippen LogP contribution in [0.15, 0.2) is 47.5 Å². The Morgan fingerprint density at radius 2 is 2.11 bits per heavy atom. The van der Waals surface area contributed by atoms with Crippen LogP contribution in [0.3, 0.4) is 0 Å². The summed E-state index contributed by atoms with van der Waals surface area (Å²) in [6.45, 7) is 0. The number of aryl methyl sites for hydroxylation is 1. The number of hydrogen-bond acceptors (Lipinski definition) is 3. The van der Waals surface area contributed by atoms with Crippen molar-refractivity contribution in [1.82, 2.24) is 24.3 Å². The summed E-state index contributed by atoms with van der Waals surface area (Å²) in [5.74, 6) is 1.51. The number of nitrogens with zero attached hydrogens (tertiary/aromatic N) is 5. The third-order valence-corrected chi connectivity index (χ3v) is 3.13. The Bertz CT molecular complexity index is 685. The summed E-state index contributed by atoms with van der Waals surface area (Å²) in [4.78, 5) is 4.35. The molecule has 0 amide bonds. The molecule has 0 unspecified atom stereocenters.